The van der Waals surface area contributed by atoms with Gasteiger partial charge in [-0.05, 0) is 54.0 Å². The van der Waals surface area contributed by atoms with Crippen molar-refractivity contribution in [1.29, 1.82) is 0 Å². The Morgan fingerprint density at radius 3 is 2.71 bits per heavy atom. The molecule has 1 aromatic carbocycles. The molecule has 4 rings (SSSR count). The van der Waals surface area contributed by atoms with Crippen molar-refractivity contribution in [2.75, 3.05) is 24.6 Å². The summed E-state index contributed by atoms with van der Waals surface area (Å²) in [6.45, 7) is 4.06. The van der Waals surface area contributed by atoms with E-state index in [9.17, 15) is 4.79 Å². The number of piperidine rings is 1. The molecule has 0 spiro atoms. The zero-order valence-corrected chi connectivity index (χ0v) is 15.7. The molecular weight excluding hydrogens is 360 g/mol. The molecule has 9 nitrogen and oxygen atoms in total. The first-order valence-corrected chi connectivity index (χ1v) is 9.48. The highest BCUT2D eigenvalue weighted by Crippen LogP contribution is 2.29. The lowest BCUT2D eigenvalue weighted by Crippen LogP contribution is -2.38. The topological polar surface area (TPSA) is 94.7 Å². The molecule has 28 heavy (non-hydrogen) atoms. The van der Waals surface area contributed by atoms with Crippen molar-refractivity contribution in [2.45, 2.75) is 26.2 Å². The monoisotopic (exact) mass is 382 g/mol. The molecule has 3 aromatic rings. The predicted octanol–water partition coefficient (Wildman–Crippen LogP) is 2.13. The summed E-state index contributed by atoms with van der Waals surface area (Å²) in [6.07, 6.45) is 2.30. The number of rotatable bonds is 6. The fourth-order valence-corrected chi connectivity index (χ4v) is 3.21. The van der Waals surface area contributed by atoms with Gasteiger partial charge in [0.1, 0.15) is 0 Å². The highest BCUT2D eigenvalue weighted by atomic mass is 16.6. The van der Waals surface area contributed by atoms with Crippen molar-refractivity contribution >= 4 is 17.4 Å². The Hall–Kier alpha value is -3.23. The zero-order chi connectivity index (χ0) is 19.3. The van der Waals surface area contributed by atoms with Crippen molar-refractivity contribution in [3.63, 3.8) is 0 Å². The lowest BCUT2D eigenvalue weighted by Gasteiger charge is -2.31. The molecule has 0 radical (unpaired) electrons. The van der Waals surface area contributed by atoms with E-state index in [-0.39, 0.29) is 11.9 Å². The molecule has 0 saturated carbocycles. The largest absolute Gasteiger partial charge is 0.490 e. The summed E-state index contributed by atoms with van der Waals surface area (Å²) >= 11 is 0. The summed E-state index contributed by atoms with van der Waals surface area (Å²) in [5, 5.41) is 15.7. The first kappa shape index (κ1) is 18.1. The number of esters is 1. The Morgan fingerprint density at radius 2 is 1.93 bits per heavy atom. The van der Waals surface area contributed by atoms with Crippen LogP contribution in [0.15, 0.2) is 36.4 Å². The van der Waals surface area contributed by atoms with Gasteiger partial charge in [-0.25, -0.2) is 0 Å². The SMILES string of the molecule is CCCOc1ccccc1OC(=O)C1CCN(c2ccc3nnnn3n2)CC1. The summed E-state index contributed by atoms with van der Waals surface area (Å²) in [4.78, 5) is 14.8. The molecule has 1 aliphatic heterocycles. The minimum atomic E-state index is -0.212. The van der Waals surface area contributed by atoms with E-state index in [0.717, 1.165) is 12.2 Å². The Kier molecular flexibility index (Phi) is 5.31. The van der Waals surface area contributed by atoms with Crippen LogP contribution in [0.4, 0.5) is 5.82 Å². The number of fused-ring (bicyclic) bond motifs is 1. The fraction of sp³-hybridized carbons (Fsp3) is 0.421. The lowest BCUT2D eigenvalue weighted by molar-refractivity contribution is -0.139. The standard InChI is InChI=1S/C19H22N6O3/c1-2-13-27-15-5-3-4-6-16(15)28-19(26)14-9-11-24(12-10-14)18-8-7-17-20-22-23-25(17)21-18/h3-8,14H,2,9-13H2,1H3. The van der Waals surface area contributed by atoms with E-state index in [2.05, 4.69) is 25.5 Å². The third-order valence-electron chi connectivity index (χ3n) is 4.73. The van der Waals surface area contributed by atoms with Crippen LogP contribution in [0, 0.1) is 5.92 Å². The number of benzene rings is 1. The number of carbonyl (C=O) groups is 1. The number of hydrogen-bond donors (Lipinski definition) is 0. The average Bonchev–Trinajstić information content (AvgIpc) is 3.21. The summed E-state index contributed by atoms with van der Waals surface area (Å²) in [5.74, 6) is 1.52. The minimum absolute atomic E-state index is 0.146. The van der Waals surface area contributed by atoms with Crippen LogP contribution >= 0.6 is 0 Å². The summed E-state index contributed by atoms with van der Waals surface area (Å²) in [6, 6.07) is 11.0. The van der Waals surface area contributed by atoms with Crippen LogP contribution in [0.2, 0.25) is 0 Å². The van der Waals surface area contributed by atoms with Gasteiger partial charge in [0.05, 0.1) is 12.5 Å². The molecule has 1 saturated heterocycles. The van der Waals surface area contributed by atoms with Crippen molar-refractivity contribution < 1.29 is 14.3 Å². The maximum Gasteiger partial charge on any atom is 0.314 e. The number of hydrogen-bond acceptors (Lipinski definition) is 8. The maximum absolute atomic E-state index is 12.6. The van der Waals surface area contributed by atoms with Crippen LogP contribution in [0.25, 0.3) is 5.65 Å². The molecule has 0 bridgehead atoms. The van der Waals surface area contributed by atoms with E-state index in [1.165, 1.54) is 4.63 Å². The normalized spacial score (nSPS) is 15.0. The van der Waals surface area contributed by atoms with Gasteiger partial charge in [-0.15, -0.1) is 14.8 Å². The van der Waals surface area contributed by atoms with E-state index >= 15 is 0 Å². The molecule has 0 amide bonds. The number of nitrogens with zero attached hydrogens (tertiary/aromatic N) is 6. The van der Waals surface area contributed by atoms with Gasteiger partial charge in [0, 0.05) is 13.1 Å². The molecule has 0 aliphatic carbocycles. The first-order chi connectivity index (χ1) is 13.7. The highest BCUT2D eigenvalue weighted by molar-refractivity contribution is 5.76. The number of ether oxygens (including phenoxy) is 2. The van der Waals surface area contributed by atoms with Gasteiger partial charge in [0.25, 0.3) is 0 Å². The second-order valence-electron chi connectivity index (χ2n) is 6.70. The molecule has 0 unspecified atom stereocenters. The van der Waals surface area contributed by atoms with Gasteiger partial charge < -0.3 is 14.4 Å². The number of aromatic nitrogens is 5. The Bertz CT molecular complexity index is 952. The van der Waals surface area contributed by atoms with Crippen LogP contribution in [-0.2, 0) is 4.79 Å². The third-order valence-corrected chi connectivity index (χ3v) is 4.73. The fourth-order valence-electron chi connectivity index (χ4n) is 3.21. The smallest absolute Gasteiger partial charge is 0.314 e. The Morgan fingerprint density at radius 1 is 1.14 bits per heavy atom. The molecular formula is C19H22N6O3. The van der Waals surface area contributed by atoms with Crippen LogP contribution in [0.5, 0.6) is 11.5 Å². The molecule has 146 valence electrons. The molecule has 3 heterocycles. The summed E-state index contributed by atoms with van der Waals surface area (Å²) < 4.78 is 12.7. The van der Waals surface area contributed by atoms with Gasteiger partial charge in [-0.3, -0.25) is 4.79 Å². The van der Waals surface area contributed by atoms with E-state index in [1.807, 2.05) is 37.3 Å². The van der Waals surface area contributed by atoms with Gasteiger partial charge >= 0.3 is 5.97 Å². The third kappa shape index (κ3) is 3.88. The van der Waals surface area contributed by atoms with Crippen molar-refractivity contribution in [2.24, 2.45) is 5.92 Å². The van der Waals surface area contributed by atoms with Crippen molar-refractivity contribution in [1.82, 2.24) is 25.3 Å². The second kappa shape index (κ2) is 8.20. The molecule has 2 aromatic heterocycles. The van der Waals surface area contributed by atoms with Gasteiger partial charge in [-0.2, -0.15) is 0 Å². The molecule has 1 aliphatic rings. The predicted molar refractivity (Wildman–Crippen MR) is 101 cm³/mol. The summed E-state index contributed by atoms with van der Waals surface area (Å²) in [7, 11) is 0. The number of para-hydroxylation sites is 2. The van der Waals surface area contributed by atoms with Crippen LogP contribution in [0.3, 0.4) is 0 Å². The Labute approximate surface area is 162 Å². The Balaban J connectivity index is 1.36. The molecule has 0 N–H and O–H groups in total. The van der Waals surface area contributed by atoms with Gasteiger partial charge in [0.15, 0.2) is 23.0 Å². The zero-order valence-electron chi connectivity index (χ0n) is 15.7. The molecule has 9 heteroatoms. The van der Waals surface area contributed by atoms with E-state index in [0.29, 0.717) is 49.7 Å². The number of carbonyl (C=O) groups excluding carboxylic acids is 1. The first-order valence-electron chi connectivity index (χ1n) is 9.48. The van der Waals surface area contributed by atoms with Crippen LogP contribution < -0.4 is 14.4 Å². The number of tetrazole rings is 1. The lowest BCUT2D eigenvalue weighted by atomic mass is 9.97. The second-order valence-corrected chi connectivity index (χ2v) is 6.70. The van der Waals surface area contributed by atoms with E-state index in [4.69, 9.17) is 9.47 Å². The quantitative estimate of drug-likeness (QED) is 0.473. The van der Waals surface area contributed by atoms with Gasteiger partial charge in [-0.1, -0.05) is 19.1 Å². The highest BCUT2D eigenvalue weighted by Gasteiger charge is 2.28. The molecule has 1 fully saturated rings. The summed E-state index contributed by atoms with van der Waals surface area (Å²) in [5.41, 5.74) is 0.603. The van der Waals surface area contributed by atoms with Crippen LogP contribution in [-0.4, -0.2) is 50.9 Å². The minimum Gasteiger partial charge on any atom is -0.490 e. The van der Waals surface area contributed by atoms with E-state index in [1.54, 1.807) is 6.07 Å². The average molecular weight is 382 g/mol. The molecule has 0 atom stereocenters. The maximum atomic E-state index is 12.6. The van der Waals surface area contributed by atoms with Crippen LogP contribution in [0.1, 0.15) is 26.2 Å². The number of anilines is 1. The van der Waals surface area contributed by atoms with Crippen molar-refractivity contribution in [3.8, 4) is 11.5 Å². The van der Waals surface area contributed by atoms with E-state index < -0.39 is 0 Å². The van der Waals surface area contributed by atoms with Crippen molar-refractivity contribution in [3.05, 3.63) is 36.4 Å². The van der Waals surface area contributed by atoms with Gasteiger partial charge in [0.2, 0.25) is 0 Å².